The fourth-order valence-corrected chi connectivity index (χ4v) is 2.85. The van der Waals surface area contributed by atoms with Gasteiger partial charge in [0.2, 0.25) is 0 Å². The van der Waals surface area contributed by atoms with Crippen molar-refractivity contribution in [2.24, 2.45) is 0 Å². The van der Waals surface area contributed by atoms with Gasteiger partial charge in [0.25, 0.3) is 5.91 Å². The van der Waals surface area contributed by atoms with E-state index in [2.05, 4.69) is 6.58 Å². The highest BCUT2D eigenvalue weighted by atomic mass is 35.5. The van der Waals surface area contributed by atoms with Gasteiger partial charge in [0.15, 0.2) is 0 Å². The first-order valence-corrected chi connectivity index (χ1v) is 6.56. The lowest BCUT2D eigenvalue weighted by Gasteiger charge is -2.22. The number of halogens is 1. The molecule has 0 aromatic heterocycles. The van der Waals surface area contributed by atoms with E-state index in [9.17, 15) is 9.00 Å². The van der Waals surface area contributed by atoms with Gasteiger partial charge in [0.05, 0.1) is 5.03 Å². The molecule has 0 spiro atoms. The van der Waals surface area contributed by atoms with Crippen LogP contribution in [0, 0.1) is 0 Å². The van der Waals surface area contributed by atoms with Gasteiger partial charge >= 0.3 is 0 Å². The Balaban J connectivity index is 2.72. The molecule has 0 aliphatic carbocycles. The molecule has 1 amide bonds. The Kier molecular flexibility index (Phi) is 3.95. The zero-order chi connectivity index (χ0) is 11.6. The summed E-state index contributed by atoms with van der Waals surface area (Å²) in [5.74, 6) is 0.273. The zero-order valence-corrected chi connectivity index (χ0v) is 10.7. The molecular formula is C10H16ClNO2S. The molecule has 86 valence electrons. The van der Waals surface area contributed by atoms with Crippen LogP contribution < -0.4 is 0 Å². The third kappa shape index (κ3) is 3.05. The van der Waals surface area contributed by atoms with Crippen molar-refractivity contribution in [1.82, 2.24) is 4.90 Å². The Morgan fingerprint density at radius 3 is 2.60 bits per heavy atom. The average Bonchev–Trinajstić information content (AvgIpc) is 2.27. The van der Waals surface area contributed by atoms with Gasteiger partial charge in [-0.25, -0.2) is 0 Å². The number of carbonyl (C=O) groups excluding carboxylic acids is 1. The molecule has 1 atom stereocenters. The zero-order valence-electron chi connectivity index (χ0n) is 9.09. The fourth-order valence-electron chi connectivity index (χ4n) is 1.47. The third-order valence-electron chi connectivity index (χ3n) is 2.67. The molecular weight excluding hydrogens is 234 g/mol. The topological polar surface area (TPSA) is 37.4 Å². The smallest absolute Gasteiger partial charge is 0.264 e. The Morgan fingerprint density at radius 2 is 2.07 bits per heavy atom. The van der Waals surface area contributed by atoms with Crippen molar-refractivity contribution in [3.05, 3.63) is 11.6 Å². The third-order valence-corrected chi connectivity index (χ3v) is 4.82. The highest BCUT2D eigenvalue weighted by Gasteiger charge is 2.31. The van der Waals surface area contributed by atoms with Crippen LogP contribution in [0.3, 0.4) is 0 Å². The summed E-state index contributed by atoms with van der Waals surface area (Å²) in [7, 11) is -0.885. The van der Waals surface area contributed by atoms with Crippen molar-refractivity contribution in [2.75, 3.05) is 18.8 Å². The lowest BCUT2D eigenvalue weighted by atomic mass is 10.1. The van der Waals surface area contributed by atoms with Crippen LogP contribution >= 0.6 is 11.6 Å². The SMILES string of the molecule is C=C(Cl)C(=O)N1CCS(=O)C(C)(C)CC1. The van der Waals surface area contributed by atoms with E-state index < -0.39 is 10.8 Å². The summed E-state index contributed by atoms with van der Waals surface area (Å²) in [4.78, 5) is 13.2. The lowest BCUT2D eigenvalue weighted by molar-refractivity contribution is -0.126. The molecule has 1 unspecified atom stereocenters. The van der Waals surface area contributed by atoms with Crippen LogP contribution in [-0.4, -0.2) is 38.6 Å². The normalized spacial score (nSPS) is 25.8. The molecule has 15 heavy (non-hydrogen) atoms. The maximum Gasteiger partial charge on any atom is 0.264 e. The quantitative estimate of drug-likeness (QED) is 0.661. The molecule has 5 heteroatoms. The summed E-state index contributed by atoms with van der Waals surface area (Å²) in [6, 6.07) is 0. The molecule has 0 aromatic carbocycles. The summed E-state index contributed by atoms with van der Waals surface area (Å²) in [5.41, 5.74) is 0. The summed E-state index contributed by atoms with van der Waals surface area (Å²) in [5, 5.41) is 0.0282. The van der Waals surface area contributed by atoms with E-state index in [4.69, 9.17) is 11.6 Å². The molecule has 0 saturated carbocycles. The minimum absolute atomic E-state index is 0.0282. The number of amides is 1. The van der Waals surface area contributed by atoms with Crippen LogP contribution in [0.25, 0.3) is 0 Å². The number of nitrogens with zero attached hydrogens (tertiary/aromatic N) is 1. The van der Waals surface area contributed by atoms with Crippen molar-refractivity contribution >= 4 is 28.3 Å². The highest BCUT2D eigenvalue weighted by Crippen LogP contribution is 2.22. The average molecular weight is 250 g/mol. The first-order chi connectivity index (χ1) is 6.84. The van der Waals surface area contributed by atoms with Gasteiger partial charge in [-0.05, 0) is 20.3 Å². The van der Waals surface area contributed by atoms with Crippen molar-refractivity contribution in [1.29, 1.82) is 0 Å². The van der Waals surface area contributed by atoms with Crippen molar-refractivity contribution < 1.29 is 9.00 Å². The molecule has 1 saturated heterocycles. The molecule has 1 aliphatic heterocycles. The Labute approximate surface area is 97.9 Å². The molecule has 0 aromatic rings. The van der Waals surface area contributed by atoms with E-state index in [1.54, 1.807) is 4.90 Å². The van der Waals surface area contributed by atoms with Crippen LogP contribution in [0.2, 0.25) is 0 Å². The van der Waals surface area contributed by atoms with Crippen molar-refractivity contribution in [3.8, 4) is 0 Å². The van der Waals surface area contributed by atoms with Gasteiger partial charge in [-0.3, -0.25) is 9.00 Å². The Hall–Kier alpha value is -0.350. The second kappa shape index (κ2) is 4.66. The van der Waals surface area contributed by atoms with Crippen LogP contribution in [0.15, 0.2) is 11.6 Å². The minimum Gasteiger partial charge on any atom is -0.337 e. The number of hydrogen-bond donors (Lipinski definition) is 0. The van der Waals surface area contributed by atoms with E-state index in [-0.39, 0.29) is 15.7 Å². The van der Waals surface area contributed by atoms with Gasteiger partial charge in [-0.2, -0.15) is 0 Å². The molecule has 0 bridgehead atoms. The second-order valence-corrected chi connectivity index (χ2v) is 6.92. The molecule has 0 radical (unpaired) electrons. The maximum absolute atomic E-state index is 11.8. The van der Waals surface area contributed by atoms with Crippen LogP contribution in [0.4, 0.5) is 0 Å². The number of rotatable bonds is 1. The first-order valence-electron chi connectivity index (χ1n) is 4.87. The Bertz CT molecular complexity index is 315. The largest absolute Gasteiger partial charge is 0.337 e. The van der Waals surface area contributed by atoms with Gasteiger partial charge < -0.3 is 4.90 Å². The van der Waals surface area contributed by atoms with E-state index in [0.717, 1.165) is 6.42 Å². The van der Waals surface area contributed by atoms with Crippen molar-refractivity contribution in [2.45, 2.75) is 25.0 Å². The molecule has 1 aliphatic rings. The van der Waals surface area contributed by atoms with E-state index >= 15 is 0 Å². The highest BCUT2D eigenvalue weighted by molar-refractivity contribution is 7.86. The standard InChI is InChI=1S/C10H16ClNO2S/c1-8(11)9(13)12-5-4-10(2,3)15(14)7-6-12/h1,4-7H2,2-3H3. The summed E-state index contributed by atoms with van der Waals surface area (Å²) in [6.45, 7) is 8.45. The van der Waals surface area contributed by atoms with Crippen molar-refractivity contribution in [3.63, 3.8) is 0 Å². The van der Waals surface area contributed by atoms with E-state index in [1.807, 2.05) is 13.8 Å². The van der Waals surface area contributed by atoms with Crippen LogP contribution in [0.1, 0.15) is 20.3 Å². The molecule has 1 fully saturated rings. The lowest BCUT2D eigenvalue weighted by Crippen LogP contribution is -2.33. The molecule has 1 heterocycles. The van der Waals surface area contributed by atoms with E-state index in [0.29, 0.717) is 18.8 Å². The fraction of sp³-hybridized carbons (Fsp3) is 0.700. The first kappa shape index (κ1) is 12.7. The van der Waals surface area contributed by atoms with Gasteiger partial charge in [0.1, 0.15) is 0 Å². The van der Waals surface area contributed by atoms with E-state index in [1.165, 1.54) is 0 Å². The van der Waals surface area contributed by atoms with Gasteiger partial charge in [0, 0.05) is 34.4 Å². The number of carbonyl (C=O) groups is 1. The summed E-state index contributed by atoms with van der Waals surface area (Å²) >= 11 is 5.56. The molecule has 1 rings (SSSR count). The van der Waals surface area contributed by atoms with Crippen LogP contribution in [-0.2, 0) is 15.6 Å². The predicted octanol–water partition coefficient (Wildman–Crippen LogP) is 1.50. The second-order valence-electron chi connectivity index (χ2n) is 4.26. The van der Waals surface area contributed by atoms with Crippen LogP contribution in [0.5, 0.6) is 0 Å². The van der Waals surface area contributed by atoms with Gasteiger partial charge in [-0.15, -0.1) is 0 Å². The monoisotopic (exact) mass is 249 g/mol. The maximum atomic E-state index is 11.8. The minimum atomic E-state index is -0.885. The summed E-state index contributed by atoms with van der Waals surface area (Å²) < 4.78 is 11.6. The summed E-state index contributed by atoms with van der Waals surface area (Å²) in [6.07, 6.45) is 0.732. The molecule has 3 nitrogen and oxygen atoms in total. The van der Waals surface area contributed by atoms with Gasteiger partial charge in [-0.1, -0.05) is 18.2 Å². The predicted molar refractivity (Wildman–Crippen MR) is 63.3 cm³/mol. The number of hydrogen-bond acceptors (Lipinski definition) is 2. The molecule has 0 N–H and O–H groups in total. The Morgan fingerprint density at radius 1 is 1.47 bits per heavy atom.